The van der Waals surface area contributed by atoms with Crippen molar-refractivity contribution in [2.24, 2.45) is 5.73 Å². The molecule has 24 heavy (non-hydrogen) atoms. The predicted molar refractivity (Wildman–Crippen MR) is 89.4 cm³/mol. The normalized spacial score (nSPS) is 11.2. The second-order valence-corrected chi connectivity index (χ2v) is 7.38. The van der Waals surface area contributed by atoms with Gasteiger partial charge in [-0.2, -0.15) is 9.57 Å². The molecule has 6 nitrogen and oxygen atoms in total. The van der Waals surface area contributed by atoms with E-state index in [4.69, 9.17) is 22.6 Å². The van der Waals surface area contributed by atoms with E-state index in [1.807, 2.05) is 6.07 Å². The van der Waals surface area contributed by atoms with Gasteiger partial charge in [0.15, 0.2) is 0 Å². The fraction of sp³-hybridized carbons (Fsp3) is 0.125. The van der Waals surface area contributed by atoms with Crippen molar-refractivity contribution >= 4 is 27.5 Å². The van der Waals surface area contributed by atoms with Crippen molar-refractivity contribution in [3.05, 3.63) is 64.7 Å². The van der Waals surface area contributed by atoms with Crippen molar-refractivity contribution in [1.82, 2.24) is 4.31 Å². The van der Waals surface area contributed by atoms with Gasteiger partial charge in [0.2, 0.25) is 15.9 Å². The van der Waals surface area contributed by atoms with Crippen LogP contribution < -0.4 is 5.73 Å². The molecule has 0 saturated heterocycles. The summed E-state index contributed by atoms with van der Waals surface area (Å²) in [5, 5.41) is 9.21. The summed E-state index contributed by atoms with van der Waals surface area (Å²) >= 11 is 5.78. The average Bonchev–Trinajstić information content (AvgIpc) is 2.55. The molecule has 2 N–H and O–H groups in total. The van der Waals surface area contributed by atoms with Crippen molar-refractivity contribution in [3.63, 3.8) is 0 Å². The maximum atomic E-state index is 12.7. The lowest BCUT2D eigenvalue weighted by Gasteiger charge is -2.21. The van der Waals surface area contributed by atoms with Crippen LogP contribution in [0.25, 0.3) is 0 Å². The van der Waals surface area contributed by atoms with Crippen LogP contribution in [0.15, 0.2) is 53.4 Å². The predicted octanol–water partition coefficient (Wildman–Crippen LogP) is 1.89. The van der Waals surface area contributed by atoms with E-state index in [0.717, 1.165) is 4.31 Å². The number of rotatable bonds is 6. The molecule has 0 spiro atoms. The third-order valence-corrected chi connectivity index (χ3v) is 5.28. The van der Waals surface area contributed by atoms with Crippen LogP contribution in [0.5, 0.6) is 0 Å². The Labute approximate surface area is 145 Å². The number of carbonyl (C=O) groups is 1. The lowest BCUT2D eigenvalue weighted by atomic mass is 10.1. The van der Waals surface area contributed by atoms with Crippen LogP contribution in [0.2, 0.25) is 5.02 Å². The highest BCUT2D eigenvalue weighted by Crippen LogP contribution is 2.20. The Hall–Kier alpha value is -2.40. The molecule has 0 saturated carbocycles. The summed E-state index contributed by atoms with van der Waals surface area (Å²) in [4.78, 5) is 11.3. The smallest absolute Gasteiger partial charge is 0.243 e. The molecule has 0 aliphatic rings. The molecule has 0 bridgehead atoms. The number of carbonyl (C=O) groups excluding carboxylic acids is 1. The highest BCUT2D eigenvalue weighted by Gasteiger charge is 2.26. The second kappa shape index (κ2) is 7.45. The number of nitriles is 1. The minimum absolute atomic E-state index is 0.0156. The third-order valence-electron chi connectivity index (χ3n) is 3.23. The van der Waals surface area contributed by atoms with Gasteiger partial charge in [0.05, 0.1) is 23.1 Å². The summed E-state index contributed by atoms with van der Waals surface area (Å²) in [6, 6.07) is 14.0. The standard InChI is InChI=1S/C16H14ClN3O3S/c17-14-5-7-15(8-6-14)24(22,23)20(11-16(19)21)10-13-3-1-12(9-18)2-4-13/h1-8H,10-11H2,(H2,19,21). The third kappa shape index (κ3) is 4.32. The highest BCUT2D eigenvalue weighted by atomic mass is 35.5. The maximum Gasteiger partial charge on any atom is 0.243 e. The Morgan fingerprint density at radius 3 is 2.21 bits per heavy atom. The van der Waals surface area contributed by atoms with Crippen LogP contribution in [-0.4, -0.2) is 25.2 Å². The van der Waals surface area contributed by atoms with Crippen molar-refractivity contribution in [2.75, 3.05) is 6.54 Å². The molecule has 0 radical (unpaired) electrons. The molecule has 124 valence electrons. The van der Waals surface area contributed by atoms with Gasteiger partial charge in [0, 0.05) is 11.6 Å². The summed E-state index contributed by atoms with van der Waals surface area (Å²) in [5.74, 6) is -0.763. The number of halogens is 1. The Balaban J connectivity index is 2.34. The molecule has 2 aromatic rings. The lowest BCUT2D eigenvalue weighted by molar-refractivity contribution is -0.118. The van der Waals surface area contributed by atoms with E-state index >= 15 is 0 Å². The van der Waals surface area contributed by atoms with E-state index in [-0.39, 0.29) is 11.4 Å². The number of amides is 1. The van der Waals surface area contributed by atoms with Gasteiger partial charge >= 0.3 is 0 Å². The van der Waals surface area contributed by atoms with Crippen LogP contribution in [0.1, 0.15) is 11.1 Å². The largest absolute Gasteiger partial charge is 0.369 e. The van der Waals surface area contributed by atoms with E-state index in [1.165, 1.54) is 24.3 Å². The molecule has 2 aromatic carbocycles. The summed E-state index contributed by atoms with van der Waals surface area (Å²) in [6.45, 7) is -0.495. The molecule has 1 amide bonds. The summed E-state index contributed by atoms with van der Waals surface area (Å²) in [6.07, 6.45) is 0. The van der Waals surface area contributed by atoms with Crippen LogP contribution >= 0.6 is 11.6 Å². The molecule has 0 fully saturated rings. The van der Waals surface area contributed by atoms with Gasteiger partial charge in [-0.25, -0.2) is 8.42 Å². The zero-order valence-electron chi connectivity index (χ0n) is 12.5. The quantitative estimate of drug-likeness (QED) is 0.845. The van der Waals surface area contributed by atoms with Gasteiger partial charge < -0.3 is 5.73 Å². The Morgan fingerprint density at radius 1 is 1.12 bits per heavy atom. The summed E-state index contributed by atoms with van der Waals surface area (Å²) < 4.78 is 26.4. The van der Waals surface area contributed by atoms with Crippen LogP contribution in [-0.2, 0) is 21.4 Å². The fourth-order valence-electron chi connectivity index (χ4n) is 2.04. The van der Waals surface area contributed by atoms with E-state index in [2.05, 4.69) is 0 Å². The number of nitrogens with two attached hydrogens (primary N) is 1. The van der Waals surface area contributed by atoms with Gasteiger partial charge in [-0.15, -0.1) is 0 Å². The van der Waals surface area contributed by atoms with Crippen LogP contribution in [0.4, 0.5) is 0 Å². The first kappa shape index (κ1) is 17.9. The Morgan fingerprint density at radius 2 is 1.71 bits per heavy atom. The Kier molecular flexibility index (Phi) is 5.57. The number of hydrogen-bond acceptors (Lipinski definition) is 4. The van der Waals surface area contributed by atoms with Crippen LogP contribution in [0.3, 0.4) is 0 Å². The first-order valence-electron chi connectivity index (χ1n) is 6.86. The molecule has 2 rings (SSSR count). The van der Waals surface area contributed by atoms with Crippen molar-refractivity contribution in [1.29, 1.82) is 5.26 Å². The molecule has 0 aliphatic heterocycles. The van der Waals surface area contributed by atoms with E-state index in [1.54, 1.807) is 24.3 Å². The van der Waals surface area contributed by atoms with Crippen LogP contribution in [0, 0.1) is 11.3 Å². The average molecular weight is 364 g/mol. The second-order valence-electron chi connectivity index (χ2n) is 5.00. The zero-order chi connectivity index (χ0) is 17.7. The van der Waals surface area contributed by atoms with Gasteiger partial charge in [0.25, 0.3) is 0 Å². The van der Waals surface area contributed by atoms with Gasteiger partial charge in [-0.05, 0) is 42.0 Å². The zero-order valence-corrected chi connectivity index (χ0v) is 14.1. The Bertz CT molecular complexity index is 872. The SMILES string of the molecule is N#Cc1ccc(CN(CC(N)=O)S(=O)(=O)c2ccc(Cl)cc2)cc1. The van der Waals surface area contributed by atoms with Crippen molar-refractivity contribution in [2.45, 2.75) is 11.4 Å². The monoisotopic (exact) mass is 363 g/mol. The number of primary amides is 1. The molecule has 0 aromatic heterocycles. The lowest BCUT2D eigenvalue weighted by Crippen LogP contribution is -2.38. The number of benzene rings is 2. The topological polar surface area (TPSA) is 104 Å². The van der Waals surface area contributed by atoms with Gasteiger partial charge in [-0.1, -0.05) is 23.7 Å². The first-order valence-corrected chi connectivity index (χ1v) is 8.68. The first-order chi connectivity index (χ1) is 11.3. The molecular formula is C16H14ClN3O3S. The molecular weight excluding hydrogens is 350 g/mol. The minimum atomic E-state index is -3.92. The van der Waals surface area contributed by atoms with E-state index in [0.29, 0.717) is 16.1 Å². The molecule has 0 heterocycles. The summed E-state index contributed by atoms with van der Waals surface area (Å²) in [5.41, 5.74) is 6.27. The molecule has 0 atom stereocenters. The number of nitrogens with zero attached hydrogens (tertiary/aromatic N) is 2. The molecule has 0 unspecified atom stereocenters. The highest BCUT2D eigenvalue weighted by molar-refractivity contribution is 7.89. The molecule has 8 heteroatoms. The van der Waals surface area contributed by atoms with Gasteiger partial charge in [-0.3, -0.25) is 4.79 Å². The van der Waals surface area contributed by atoms with Crippen molar-refractivity contribution < 1.29 is 13.2 Å². The fourth-order valence-corrected chi connectivity index (χ4v) is 3.56. The number of hydrogen-bond donors (Lipinski definition) is 1. The van der Waals surface area contributed by atoms with E-state index in [9.17, 15) is 13.2 Å². The maximum absolute atomic E-state index is 12.7. The van der Waals surface area contributed by atoms with E-state index < -0.39 is 22.5 Å². The van der Waals surface area contributed by atoms with Crippen molar-refractivity contribution in [3.8, 4) is 6.07 Å². The number of sulfonamides is 1. The van der Waals surface area contributed by atoms with Gasteiger partial charge in [0.1, 0.15) is 0 Å². The minimum Gasteiger partial charge on any atom is -0.369 e. The summed E-state index contributed by atoms with van der Waals surface area (Å²) in [7, 11) is -3.92. The molecule has 0 aliphatic carbocycles.